The summed E-state index contributed by atoms with van der Waals surface area (Å²) in [4.78, 5) is 11.7. The van der Waals surface area contributed by atoms with Crippen LogP contribution in [0.2, 0.25) is 0 Å². The van der Waals surface area contributed by atoms with Crippen molar-refractivity contribution in [3.63, 3.8) is 0 Å². The maximum atomic E-state index is 13.4. The summed E-state index contributed by atoms with van der Waals surface area (Å²) in [6.07, 6.45) is -0.428. The van der Waals surface area contributed by atoms with E-state index in [0.717, 1.165) is 18.2 Å². The second-order valence-electron chi connectivity index (χ2n) is 4.31. The number of rotatable bonds is 3. The summed E-state index contributed by atoms with van der Waals surface area (Å²) in [6, 6.07) is 4.20. The molecule has 21 heavy (non-hydrogen) atoms. The van der Waals surface area contributed by atoms with E-state index in [1.54, 1.807) is 0 Å². The van der Waals surface area contributed by atoms with Crippen molar-refractivity contribution in [1.29, 1.82) is 0 Å². The predicted octanol–water partition coefficient (Wildman–Crippen LogP) is 3.01. The van der Waals surface area contributed by atoms with Crippen LogP contribution in [0.25, 0.3) is 0 Å². The molecular weight excluding hydrogens is 288 g/mol. The smallest absolute Gasteiger partial charge is 0.228 e. The molecule has 0 aliphatic carbocycles. The average molecular weight is 298 g/mol. The summed E-state index contributed by atoms with van der Waals surface area (Å²) in [5, 5.41) is 2.15. The van der Waals surface area contributed by atoms with Crippen LogP contribution in [-0.2, 0) is 11.2 Å². The molecule has 0 spiro atoms. The summed E-state index contributed by atoms with van der Waals surface area (Å²) < 4.78 is 52.5. The zero-order valence-corrected chi connectivity index (χ0v) is 10.6. The molecule has 2 aromatic rings. The van der Waals surface area contributed by atoms with Crippen molar-refractivity contribution >= 4 is 17.3 Å². The zero-order valence-electron chi connectivity index (χ0n) is 10.6. The lowest BCUT2D eigenvalue weighted by molar-refractivity contribution is -0.115. The maximum Gasteiger partial charge on any atom is 0.228 e. The lowest BCUT2D eigenvalue weighted by Crippen LogP contribution is -2.16. The fourth-order valence-corrected chi connectivity index (χ4v) is 1.69. The van der Waals surface area contributed by atoms with Gasteiger partial charge in [0.1, 0.15) is 23.3 Å². The second kappa shape index (κ2) is 5.82. The Kier molecular flexibility index (Phi) is 4.11. The number of carbonyl (C=O) groups excluding carboxylic acids is 1. The predicted molar refractivity (Wildman–Crippen MR) is 69.5 cm³/mol. The fraction of sp³-hybridized carbons (Fsp3) is 0.0714. The summed E-state index contributed by atoms with van der Waals surface area (Å²) in [5.41, 5.74) is 4.56. The average Bonchev–Trinajstić information content (AvgIpc) is 2.39. The van der Waals surface area contributed by atoms with Gasteiger partial charge < -0.3 is 11.1 Å². The monoisotopic (exact) mass is 298 g/mol. The Bertz CT molecular complexity index is 704. The minimum absolute atomic E-state index is 0.0515. The molecular formula is C14H10F4N2O. The molecule has 0 radical (unpaired) electrons. The van der Waals surface area contributed by atoms with Gasteiger partial charge >= 0.3 is 0 Å². The standard InChI is InChI=1S/C14H10F4N2O/c15-8-2-1-7(9(16)4-8)3-14(21)20-13-6-12(19)10(17)5-11(13)18/h1-2,4-6H,3,19H2,(H,20,21). The van der Waals surface area contributed by atoms with Crippen LogP contribution < -0.4 is 11.1 Å². The molecule has 0 heterocycles. The molecule has 3 N–H and O–H groups in total. The molecule has 3 nitrogen and oxygen atoms in total. The molecule has 0 saturated carbocycles. The first-order chi connectivity index (χ1) is 9.86. The van der Waals surface area contributed by atoms with Crippen molar-refractivity contribution in [3.8, 4) is 0 Å². The van der Waals surface area contributed by atoms with Gasteiger partial charge in [-0.2, -0.15) is 0 Å². The molecule has 0 aliphatic rings. The molecule has 2 rings (SSSR count). The highest BCUT2D eigenvalue weighted by Gasteiger charge is 2.13. The molecule has 1 amide bonds. The third-order valence-corrected chi connectivity index (χ3v) is 2.73. The lowest BCUT2D eigenvalue weighted by atomic mass is 10.1. The summed E-state index contributed by atoms with van der Waals surface area (Å²) in [7, 11) is 0. The van der Waals surface area contributed by atoms with Crippen LogP contribution in [0.1, 0.15) is 5.56 Å². The van der Waals surface area contributed by atoms with E-state index in [1.807, 2.05) is 0 Å². The topological polar surface area (TPSA) is 55.1 Å². The van der Waals surface area contributed by atoms with Gasteiger partial charge in [-0.05, 0) is 17.7 Å². The first-order valence-corrected chi connectivity index (χ1v) is 5.85. The number of anilines is 2. The van der Waals surface area contributed by atoms with Gasteiger partial charge in [0, 0.05) is 12.1 Å². The van der Waals surface area contributed by atoms with Gasteiger partial charge in [0.2, 0.25) is 5.91 Å². The van der Waals surface area contributed by atoms with Gasteiger partial charge in [0.25, 0.3) is 0 Å². The van der Waals surface area contributed by atoms with Gasteiger partial charge in [-0.15, -0.1) is 0 Å². The van der Waals surface area contributed by atoms with Crippen LogP contribution >= 0.6 is 0 Å². The quantitative estimate of drug-likeness (QED) is 0.676. The van der Waals surface area contributed by atoms with Gasteiger partial charge in [-0.3, -0.25) is 4.79 Å². The van der Waals surface area contributed by atoms with Crippen molar-refractivity contribution in [2.45, 2.75) is 6.42 Å². The van der Waals surface area contributed by atoms with E-state index in [-0.39, 0.29) is 16.9 Å². The highest BCUT2D eigenvalue weighted by Crippen LogP contribution is 2.21. The Morgan fingerprint density at radius 2 is 1.71 bits per heavy atom. The first-order valence-electron chi connectivity index (χ1n) is 5.85. The Balaban J connectivity index is 2.13. The highest BCUT2D eigenvalue weighted by atomic mass is 19.1. The molecule has 0 unspecified atom stereocenters. The summed E-state index contributed by atoms with van der Waals surface area (Å²) >= 11 is 0. The molecule has 0 aliphatic heterocycles. The van der Waals surface area contributed by atoms with E-state index in [1.165, 1.54) is 0 Å². The van der Waals surface area contributed by atoms with E-state index in [0.29, 0.717) is 12.1 Å². The number of halogens is 4. The summed E-state index contributed by atoms with van der Waals surface area (Å²) in [6.45, 7) is 0. The second-order valence-corrected chi connectivity index (χ2v) is 4.31. The minimum Gasteiger partial charge on any atom is -0.396 e. The number of nitrogens with one attached hydrogen (secondary N) is 1. The van der Waals surface area contributed by atoms with Gasteiger partial charge in [0.15, 0.2) is 0 Å². The molecule has 110 valence electrons. The Hall–Kier alpha value is -2.57. The lowest BCUT2D eigenvalue weighted by Gasteiger charge is -2.08. The Labute approximate surface area is 117 Å². The van der Waals surface area contributed by atoms with Crippen molar-refractivity contribution in [1.82, 2.24) is 0 Å². The van der Waals surface area contributed by atoms with Crippen LogP contribution in [0.3, 0.4) is 0 Å². The van der Waals surface area contributed by atoms with Gasteiger partial charge in [-0.25, -0.2) is 17.6 Å². The van der Waals surface area contributed by atoms with E-state index in [9.17, 15) is 22.4 Å². The van der Waals surface area contributed by atoms with Gasteiger partial charge in [-0.1, -0.05) is 6.07 Å². The van der Waals surface area contributed by atoms with Gasteiger partial charge in [0.05, 0.1) is 17.8 Å². The number of hydrogen-bond donors (Lipinski definition) is 2. The van der Waals surface area contributed by atoms with Crippen LogP contribution in [0, 0.1) is 23.3 Å². The Morgan fingerprint density at radius 3 is 2.38 bits per heavy atom. The van der Waals surface area contributed by atoms with E-state index in [2.05, 4.69) is 5.32 Å². The van der Waals surface area contributed by atoms with Crippen LogP contribution in [0.15, 0.2) is 30.3 Å². The number of hydrogen-bond acceptors (Lipinski definition) is 2. The normalized spacial score (nSPS) is 10.5. The van der Waals surface area contributed by atoms with Crippen molar-refractivity contribution in [2.75, 3.05) is 11.1 Å². The number of carbonyl (C=O) groups is 1. The third kappa shape index (κ3) is 3.50. The van der Waals surface area contributed by atoms with Crippen molar-refractivity contribution < 1.29 is 22.4 Å². The van der Waals surface area contributed by atoms with Crippen LogP contribution in [0.4, 0.5) is 28.9 Å². The first kappa shape index (κ1) is 14.8. The minimum atomic E-state index is -1.00. The zero-order chi connectivity index (χ0) is 15.6. The number of benzene rings is 2. The Morgan fingerprint density at radius 1 is 1.00 bits per heavy atom. The molecule has 0 atom stereocenters. The fourth-order valence-electron chi connectivity index (χ4n) is 1.69. The van der Waals surface area contributed by atoms with E-state index >= 15 is 0 Å². The summed E-state index contributed by atoms with van der Waals surface area (Å²) in [5.74, 6) is -4.35. The largest absolute Gasteiger partial charge is 0.396 e. The third-order valence-electron chi connectivity index (χ3n) is 2.73. The highest BCUT2D eigenvalue weighted by molar-refractivity contribution is 5.92. The molecule has 0 aromatic heterocycles. The van der Waals surface area contributed by atoms with Crippen LogP contribution in [0.5, 0.6) is 0 Å². The molecule has 0 saturated heterocycles. The van der Waals surface area contributed by atoms with Crippen LogP contribution in [-0.4, -0.2) is 5.91 Å². The maximum absolute atomic E-state index is 13.4. The van der Waals surface area contributed by atoms with Crippen molar-refractivity contribution in [2.24, 2.45) is 0 Å². The number of nitrogen functional groups attached to an aromatic ring is 1. The van der Waals surface area contributed by atoms with Crippen molar-refractivity contribution in [3.05, 3.63) is 59.2 Å². The molecule has 7 heteroatoms. The molecule has 2 aromatic carbocycles. The number of nitrogens with two attached hydrogens (primary N) is 1. The SMILES string of the molecule is Nc1cc(NC(=O)Cc2ccc(F)cc2F)c(F)cc1F. The van der Waals surface area contributed by atoms with E-state index in [4.69, 9.17) is 5.73 Å². The molecule has 0 fully saturated rings. The molecule has 0 bridgehead atoms. The number of amides is 1. The van der Waals surface area contributed by atoms with E-state index < -0.39 is 35.6 Å².